The zero-order chi connectivity index (χ0) is 15.9. The number of aromatic amines is 1. The average molecular weight is 304 g/mol. The van der Waals surface area contributed by atoms with Crippen molar-refractivity contribution in [2.45, 2.75) is 13.1 Å². The summed E-state index contributed by atoms with van der Waals surface area (Å²) in [5.74, 6) is -3.02. The Kier molecular flexibility index (Phi) is 3.36. The second kappa shape index (κ2) is 4.76. The maximum atomic E-state index is 13.3. The van der Waals surface area contributed by atoms with Crippen LogP contribution in [0.5, 0.6) is 5.88 Å². The third-order valence-corrected chi connectivity index (χ3v) is 2.82. The summed E-state index contributed by atoms with van der Waals surface area (Å²) in [6.45, 7) is 1.21. The number of aromatic hydroxyl groups is 1. The molecule has 2 aromatic rings. The van der Waals surface area contributed by atoms with Gasteiger partial charge in [0, 0.05) is 0 Å². The largest absolute Gasteiger partial charge is 0.492 e. The van der Waals surface area contributed by atoms with Crippen LogP contribution in [0.25, 0.3) is 5.69 Å². The van der Waals surface area contributed by atoms with Gasteiger partial charge in [-0.15, -0.1) is 0 Å². The van der Waals surface area contributed by atoms with E-state index < -0.39 is 40.4 Å². The lowest BCUT2D eigenvalue weighted by atomic mass is 10.1. The van der Waals surface area contributed by atoms with Crippen molar-refractivity contribution in [3.8, 4) is 11.6 Å². The molecule has 0 spiro atoms. The van der Waals surface area contributed by atoms with E-state index in [9.17, 15) is 32.3 Å². The molecule has 112 valence electrons. The van der Waals surface area contributed by atoms with E-state index in [-0.39, 0.29) is 10.1 Å². The van der Waals surface area contributed by atoms with E-state index in [0.29, 0.717) is 6.07 Å². The van der Waals surface area contributed by atoms with Gasteiger partial charge in [0.1, 0.15) is 0 Å². The van der Waals surface area contributed by atoms with E-state index >= 15 is 0 Å². The Labute approximate surface area is 114 Å². The van der Waals surface area contributed by atoms with Crippen molar-refractivity contribution in [1.29, 1.82) is 0 Å². The molecule has 0 atom stereocenters. The monoisotopic (exact) mass is 304 g/mol. The summed E-state index contributed by atoms with van der Waals surface area (Å²) >= 11 is 0. The summed E-state index contributed by atoms with van der Waals surface area (Å²) in [6, 6.07) is 2.73. The molecule has 5 nitrogen and oxygen atoms in total. The van der Waals surface area contributed by atoms with Crippen LogP contribution in [0, 0.1) is 12.7 Å². The highest BCUT2D eigenvalue weighted by Gasteiger charge is 2.33. The summed E-state index contributed by atoms with van der Waals surface area (Å²) in [5, 5.41) is 9.46. The Bertz CT molecular complexity index is 821. The third-order valence-electron chi connectivity index (χ3n) is 2.82. The first-order valence-electron chi connectivity index (χ1n) is 5.55. The third kappa shape index (κ3) is 2.54. The van der Waals surface area contributed by atoms with Crippen molar-refractivity contribution in [2.24, 2.45) is 0 Å². The molecule has 0 aliphatic rings. The van der Waals surface area contributed by atoms with Gasteiger partial charge >= 0.3 is 11.9 Å². The number of benzene rings is 1. The number of aryl methyl sites for hydroxylation is 1. The normalized spacial score (nSPS) is 11.7. The Balaban J connectivity index is 2.78. The van der Waals surface area contributed by atoms with Crippen LogP contribution in [0.4, 0.5) is 17.6 Å². The number of aromatic nitrogens is 2. The van der Waals surface area contributed by atoms with E-state index in [1.54, 1.807) is 4.98 Å². The molecule has 0 fully saturated rings. The topological polar surface area (TPSA) is 75.1 Å². The molecule has 9 heteroatoms. The lowest BCUT2D eigenvalue weighted by molar-refractivity contribution is -0.138. The predicted octanol–water partition coefficient (Wildman–Crippen LogP) is 1.70. The SMILES string of the molecule is Cc1ccc(-n2c(O)c(F)c(=O)[nH]c2=O)cc1C(F)(F)F. The quantitative estimate of drug-likeness (QED) is 0.787. The van der Waals surface area contributed by atoms with Crippen molar-refractivity contribution in [3.63, 3.8) is 0 Å². The molecule has 21 heavy (non-hydrogen) atoms. The first-order valence-corrected chi connectivity index (χ1v) is 5.55. The summed E-state index contributed by atoms with van der Waals surface area (Å²) in [4.78, 5) is 24.1. The summed E-state index contributed by atoms with van der Waals surface area (Å²) in [5.41, 5.74) is -4.29. The fourth-order valence-electron chi connectivity index (χ4n) is 1.80. The summed E-state index contributed by atoms with van der Waals surface area (Å²) in [7, 11) is 0. The van der Waals surface area contributed by atoms with Gasteiger partial charge in [-0.3, -0.25) is 9.78 Å². The number of H-pyrrole nitrogens is 1. The predicted molar refractivity (Wildman–Crippen MR) is 64.0 cm³/mol. The fourth-order valence-corrected chi connectivity index (χ4v) is 1.80. The highest BCUT2D eigenvalue weighted by atomic mass is 19.4. The fraction of sp³-hybridized carbons (Fsp3) is 0.167. The smallest absolute Gasteiger partial charge is 0.416 e. The van der Waals surface area contributed by atoms with Crippen molar-refractivity contribution in [1.82, 2.24) is 9.55 Å². The van der Waals surface area contributed by atoms with Gasteiger partial charge in [0.25, 0.3) is 5.56 Å². The minimum atomic E-state index is -4.68. The maximum absolute atomic E-state index is 13.3. The molecule has 1 aromatic heterocycles. The molecule has 1 aromatic carbocycles. The first-order chi connectivity index (χ1) is 9.62. The molecule has 0 saturated heterocycles. The number of hydrogen-bond acceptors (Lipinski definition) is 3. The Morgan fingerprint density at radius 3 is 2.43 bits per heavy atom. The highest BCUT2D eigenvalue weighted by Crippen LogP contribution is 2.33. The Morgan fingerprint density at radius 1 is 1.24 bits per heavy atom. The van der Waals surface area contributed by atoms with Gasteiger partial charge in [-0.1, -0.05) is 6.07 Å². The van der Waals surface area contributed by atoms with Crippen LogP contribution in [0.3, 0.4) is 0 Å². The molecular formula is C12H8F4N2O3. The molecule has 2 N–H and O–H groups in total. The standard InChI is InChI=1S/C12H8F4N2O3/c1-5-2-3-6(4-7(5)12(14,15)16)18-10(20)8(13)9(19)17-11(18)21/h2-4,20H,1H3,(H,17,19,21). The lowest BCUT2D eigenvalue weighted by Crippen LogP contribution is -2.31. The number of nitrogens with zero attached hydrogens (tertiary/aromatic N) is 1. The van der Waals surface area contributed by atoms with Crippen LogP contribution in [0.15, 0.2) is 27.8 Å². The van der Waals surface area contributed by atoms with Crippen LogP contribution >= 0.6 is 0 Å². The molecule has 0 unspecified atom stereocenters. The van der Waals surface area contributed by atoms with Gasteiger partial charge in [0.05, 0.1) is 11.3 Å². The van der Waals surface area contributed by atoms with Gasteiger partial charge in [-0.2, -0.15) is 17.6 Å². The Hall–Kier alpha value is -2.58. The summed E-state index contributed by atoms with van der Waals surface area (Å²) in [6.07, 6.45) is -4.68. The van der Waals surface area contributed by atoms with Crippen LogP contribution in [0.1, 0.15) is 11.1 Å². The minimum absolute atomic E-state index is 0.108. The zero-order valence-electron chi connectivity index (χ0n) is 10.5. The van der Waals surface area contributed by atoms with Gasteiger partial charge in [-0.25, -0.2) is 9.36 Å². The molecule has 0 bridgehead atoms. The summed E-state index contributed by atoms with van der Waals surface area (Å²) < 4.78 is 52.0. The molecular weight excluding hydrogens is 296 g/mol. The molecule has 0 radical (unpaired) electrons. The van der Waals surface area contributed by atoms with Crippen LogP contribution in [-0.2, 0) is 6.18 Å². The molecule has 0 aliphatic carbocycles. The first kappa shape index (κ1) is 14.8. The van der Waals surface area contributed by atoms with Crippen LogP contribution < -0.4 is 11.2 Å². The number of alkyl halides is 3. The minimum Gasteiger partial charge on any atom is -0.492 e. The average Bonchev–Trinajstić information content (AvgIpc) is 2.36. The van der Waals surface area contributed by atoms with Crippen molar-refractivity contribution in [3.05, 3.63) is 56.0 Å². The number of nitrogens with one attached hydrogen (secondary N) is 1. The van der Waals surface area contributed by atoms with Gasteiger partial charge in [0.15, 0.2) is 0 Å². The molecule has 1 heterocycles. The molecule has 0 amide bonds. The van der Waals surface area contributed by atoms with Crippen molar-refractivity contribution < 1.29 is 22.7 Å². The van der Waals surface area contributed by atoms with E-state index in [2.05, 4.69) is 0 Å². The Morgan fingerprint density at radius 2 is 1.86 bits per heavy atom. The van der Waals surface area contributed by atoms with Crippen molar-refractivity contribution in [2.75, 3.05) is 0 Å². The van der Waals surface area contributed by atoms with E-state index in [4.69, 9.17) is 0 Å². The maximum Gasteiger partial charge on any atom is 0.416 e. The zero-order valence-corrected chi connectivity index (χ0v) is 10.5. The van der Waals surface area contributed by atoms with E-state index in [1.807, 2.05) is 0 Å². The van der Waals surface area contributed by atoms with Crippen molar-refractivity contribution >= 4 is 0 Å². The van der Waals surface area contributed by atoms with E-state index in [0.717, 1.165) is 12.1 Å². The van der Waals surface area contributed by atoms with E-state index in [1.165, 1.54) is 6.92 Å². The van der Waals surface area contributed by atoms with Gasteiger partial charge in [0.2, 0.25) is 11.7 Å². The second-order valence-corrected chi connectivity index (χ2v) is 4.23. The lowest BCUT2D eigenvalue weighted by Gasteiger charge is -2.14. The molecule has 0 aliphatic heterocycles. The number of hydrogen-bond donors (Lipinski definition) is 2. The second-order valence-electron chi connectivity index (χ2n) is 4.23. The van der Waals surface area contributed by atoms with Crippen LogP contribution in [0.2, 0.25) is 0 Å². The number of rotatable bonds is 1. The molecule has 0 saturated carbocycles. The van der Waals surface area contributed by atoms with Crippen LogP contribution in [-0.4, -0.2) is 14.7 Å². The van der Waals surface area contributed by atoms with Gasteiger partial charge < -0.3 is 5.11 Å². The van der Waals surface area contributed by atoms with Gasteiger partial charge in [-0.05, 0) is 24.6 Å². The highest BCUT2D eigenvalue weighted by molar-refractivity contribution is 5.43. The number of halogens is 4. The molecule has 2 rings (SSSR count).